The first-order chi connectivity index (χ1) is 9.11. The Hall–Kier alpha value is -1.42. The molecule has 1 fully saturated rings. The van der Waals surface area contributed by atoms with E-state index in [1.165, 1.54) is 12.1 Å². The van der Waals surface area contributed by atoms with E-state index in [2.05, 4.69) is 0 Å². The Bertz CT molecular complexity index is 459. The van der Waals surface area contributed by atoms with Crippen LogP contribution < -0.4 is 5.73 Å². The summed E-state index contributed by atoms with van der Waals surface area (Å²) in [6.45, 7) is 4.00. The molecule has 3 nitrogen and oxygen atoms in total. The fraction of sp³-hybridized carbons (Fsp3) is 0.533. The van der Waals surface area contributed by atoms with Crippen molar-refractivity contribution >= 4 is 5.91 Å². The average molecular weight is 264 g/mol. The van der Waals surface area contributed by atoms with Crippen molar-refractivity contribution in [3.8, 4) is 0 Å². The minimum atomic E-state index is -0.357. The van der Waals surface area contributed by atoms with Crippen molar-refractivity contribution in [1.82, 2.24) is 4.90 Å². The molecule has 1 aliphatic rings. The molecule has 1 aliphatic heterocycles. The highest BCUT2D eigenvalue weighted by atomic mass is 19.1. The number of carbonyl (C=O) groups is 1. The maximum atomic E-state index is 13.3. The van der Waals surface area contributed by atoms with Gasteiger partial charge in [0.2, 0.25) is 0 Å². The van der Waals surface area contributed by atoms with Gasteiger partial charge in [-0.25, -0.2) is 4.39 Å². The number of halogens is 1. The molecule has 19 heavy (non-hydrogen) atoms. The molecule has 0 aromatic heterocycles. The lowest BCUT2D eigenvalue weighted by Gasteiger charge is -2.33. The second kappa shape index (κ2) is 6.15. The molecule has 1 amide bonds. The zero-order chi connectivity index (χ0) is 13.8. The Labute approximate surface area is 113 Å². The predicted molar refractivity (Wildman–Crippen MR) is 73.4 cm³/mol. The third-order valence-corrected chi connectivity index (χ3v) is 3.81. The maximum absolute atomic E-state index is 13.3. The molecule has 104 valence electrons. The average Bonchev–Trinajstić information content (AvgIpc) is 2.41. The minimum Gasteiger partial charge on any atom is -0.338 e. The van der Waals surface area contributed by atoms with Crippen molar-refractivity contribution in [2.24, 2.45) is 11.7 Å². The molecule has 1 aromatic carbocycles. The lowest BCUT2D eigenvalue weighted by molar-refractivity contribution is 0.0668. The zero-order valence-corrected chi connectivity index (χ0v) is 11.4. The Morgan fingerprint density at radius 3 is 3.05 bits per heavy atom. The van der Waals surface area contributed by atoms with Crippen LogP contribution in [0.15, 0.2) is 18.2 Å². The molecular weight excluding hydrogens is 243 g/mol. The number of benzene rings is 1. The van der Waals surface area contributed by atoms with Gasteiger partial charge in [-0.1, -0.05) is 6.07 Å². The molecule has 1 atom stereocenters. The number of amides is 1. The zero-order valence-electron chi connectivity index (χ0n) is 11.4. The standard InChI is InChI=1S/C15H21FN2O/c1-11-4-5-13(16)9-14(11)15(19)18-8-2-3-12(10-18)6-7-17/h4-5,9,12H,2-3,6-8,10,17H2,1H3. The van der Waals surface area contributed by atoms with Crippen LogP contribution in [0.25, 0.3) is 0 Å². The SMILES string of the molecule is Cc1ccc(F)cc1C(=O)N1CCCC(CCN)C1. The number of carbonyl (C=O) groups excluding carboxylic acids is 1. The summed E-state index contributed by atoms with van der Waals surface area (Å²) in [5.74, 6) is 0.0692. The van der Waals surface area contributed by atoms with Crippen LogP contribution in [0.5, 0.6) is 0 Å². The monoisotopic (exact) mass is 264 g/mol. The van der Waals surface area contributed by atoms with Crippen LogP contribution in [0.3, 0.4) is 0 Å². The van der Waals surface area contributed by atoms with E-state index in [1.807, 2.05) is 11.8 Å². The highest BCUT2D eigenvalue weighted by Gasteiger charge is 2.25. The van der Waals surface area contributed by atoms with Crippen LogP contribution in [-0.4, -0.2) is 30.4 Å². The molecule has 2 rings (SSSR count). The fourth-order valence-electron chi connectivity index (χ4n) is 2.72. The molecule has 2 N–H and O–H groups in total. The predicted octanol–water partition coefficient (Wildman–Crippen LogP) is 2.34. The summed E-state index contributed by atoms with van der Waals surface area (Å²) in [5.41, 5.74) is 6.89. The first-order valence-electron chi connectivity index (χ1n) is 6.87. The van der Waals surface area contributed by atoms with Crippen LogP contribution in [0.4, 0.5) is 4.39 Å². The van der Waals surface area contributed by atoms with Crippen LogP contribution in [-0.2, 0) is 0 Å². The summed E-state index contributed by atoms with van der Waals surface area (Å²) in [4.78, 5) is 14.3. The Morgan fingerprint density at radius 1 is 1.53 bits per heavy atom. The highest BCUT2D eigenvalue weighted by molar-refractivity contribution is 5.95. The third kappa shape index (κ3) is 3.32. The number of likely N-dealkylation sites (tertiary alicyclic amines) is 1. The van der Waals surface area contributed by atoms with Gasteiger partial charge in [0.1, 0.15) is 5.82 Å². The van der Waals surface area contributed by atoms with E-state index in [-0.39, 0.29) is 11.7 Å². The molecule has 0 aliphatic carbocycles. The van der Waals surface area contributed by atoms with Gasteiger partial charge in [-0.05, 0) is 56.3 Å². The summed E-state index contributed by atoms with van der Waals surface area (Å²) in [6, 6.07) is 4.38. The lowest BCUT2D eigenvalue weighted by atomic mass is 9.94. The van der Waals surface area contributed by atoms with E-state index in [9.17, 15) is 9.18 Å². The summed E-state index contributed by atoms with van der Waals surface area (Å²) in [7, 11) is 0. The van der Waals surface area contributed by atoms with Gasteiger partial charge in [-0.15, -0.1) is 0 Å². The van der Waals surface area contributed by atoms with Gasteiger partial charge in [0.15, 0.2) is 0 Å². The van der Waals surface area contributed by atoms with Crippen molar-refractivity contribution in [2.75, 3.05) is 19.6 Å². The van der Waals surface area contributed by atoms with E-state index in [1.54, 1.807) is 6.07 Å². The first kappa shape index (κ1) is 14.0. The second-order valence-electron chi connectivity index (χ2n) is 5.30. The van der Waals surface area contributed by atoms with Crippen LogP contribution in [0.2, 0.25) is 0 Å². The Balaban J connectivity index is 2.12. The van der Waals surface area contributed by atoms with Crippen LogP contribution >= 0.6 is 0 Å². The van der Waals surface area contributed by atoms with E-state index in [0.29, 0.717) is 18.0 Å². The number of piperidine rings is 1. The van der Waals surface area contributed by atoms with Crippen LogP contribution in [0.1, 0.15) is 35.2 Å². The number of hydrogen-bond acceptors (Lipinski definition) is 2. The molecule has 1 aromatic rings. The summed E-state index contributed by atoms with van der Waals surface area (Å²) < 4.78 is 13.3. The van der Waals surface area contributed by atoms with Gasteiger partial charge < -0.3 is 10.6 Å². The number of nitrogens with two attached hydrogens (primary N) is 1. The van der Waals surface area contributed by atoms with Gasteiger partial charge in [0.05, 0.1) is 0 Å². The molecule has 4 heteroatoms. The molecule has 1 unspecified atom stereocenters. The lowest BCUT2D eigenvalue weighted by Crippen LogP contribution is -2.40. The van der Waals surface area contributed by atoms with Gasteiger partial charge >= 0.3 is 0 Å². The van der Waals surface area contributed by atoms with Gasteiger partial charge in [-0.3, -0.25) is 4.79 Å². The van der Waals surface area contributed by atoms with Crippen molar-refractivity contribution in [3.63, 3.8) is 0 Å². The molecule has 0 radical (unpaired) electrons. The highest BCUT2D eigenvalue weighted by Crippen LogP contribution is 2.22. The van der Waals surface area contributed by atoms with Crippen LogP contribution in [0, 0.1) is 18.7 Å². The maximum Gasteiger partial charge on any atom is 0.254 e. The van der Waals surface area contributed by atoms with E-state index < -0.39 is 0 Å². The second-order valence-corrected chi connectivity index (χ2v) is 5.30. The third-order valence-electron chi connectivity index (χ3n) is 3.81. The largest absolute Gasteiger partial charge is 0.338 e. The minimum absolute atomic E-state index is 0.0567. The van der Waals surface area contributed by atoms with Gasteiger partial charge in [0.25, 0.3) is 5.91 Å². The molecule has 1 saturated heterocycles. The normalized spacial score (nSPS) is 19.5. The fourth-order valence-corrected chi connectivity index (χ4v) is 2.72. The number of rotatable bonds is 3. The Kier molecular flexibility index (Phi) is 4.53. The number of aryl methyl sites for hydroxylation is 1. The molecule has 0 saturated carbocycles. The van der Waals surface area contributed by atoms with Crippen molar-refractivity contribution < 1.29 is 9.18 Å². The van der Waals surface area contributed by atoms with Crippen molar-refractivity contribution in [3.05, 3.63) is 35.1 Å². The quantitative estimate of drug-likeness (QED) is 0.910. The van der Waals surface area contributed by atoms with Crippen molar-refractivity contribution in [1.29, 1.82) is 0 Å². The molecule has 0 spiro atoms. The van der Waals surface area contributed by atoms with E-state index in [0.717, 1.165) is 37.9 Å². The Morgan fingerprint density at radius 2 is 2.32 bits per heavy atom. The van der Waals surface area contributed by atoms with Gasteiger partial charge in [0, 0.05) is 18.7 Å². The number of nitrogens with zero attached hydrogens (tertiary/aromatic N) is 1. The van der Waals surface area contributed by atoms with Crippen molar-refractivity contribution in [2.45, 2.75) is 26.2 Å². The number of hydrogen-bond donors (Lipinski definition) is 1. The molecule has 1 heterocycles. The van der Waals surface area contributed by atoms with Gasteiger partial charge in [-0.2, -0.15) is 0 Å². The molecular formula is C15H21FN2O. The summed E-state index contributed by atoms with van der Waals surface area (Å²) in [6.07, 6.45) is 3.08. The van der Waals surface area contributed by atoms with E-state index >= 15 is 0 Å². The summed E-state index contributed by atoms with van der Waals surface area (Å²) >= 11 is 0. The smallest absolute Gasteiger partial charge is 0.254 e. The topological polar surface area (TPSA) is 46.3 Å². The first-order valence-corrected chi connectivity index (χ1v) is 6.87. The summed E-state index contributed by atoms with van der Waals surface area (Å²) in [5, 5.41) is 0. The van der Waals surface area contributed by atoms with E-state index in [4.69, 9.17) is 5.73 Å². The molecule has 0 bridgehead atoms.